The summed E-state index contributed by atoms with van der Waals surface area (Å²) in [7, 11) is 0. The minimum Gasteiger partial charge on any atom is -0.447 e. The van der Waals surface area contributed by atoms with Crippen LogP contribution in [0.1, 0.15) is 27.7 Å². The Morgan fingerprint density at radius 3 is 2.37 bits per heavy atom. The number of aromatic nitrogens is 1. The molecule has 0 aliphatic rings. The molecule has 132 valence electrons. The Hall–Kier alpha value is -3.53. The highest BCUT2D eigenvalue weighted by Gasteiger charge is 2.24. The second-order valence-electron chi connectivity index (χ2n) is 6.09. The van der Waals surface area contributed by atoms with Crippen molar-refractivity contribution in [2.75, 3.05) is 0 Å². The molecule has 0 spiro atoms. The highest BCUT2D eigenvalue weighted by atomic mass is 19.1. The molecule has 1 atom stereocenters. The van der Waals surface area contributed by atoms with E-state index in [1.807, 2.05) is 60.7 Å². The Morgan fingerprint density at radius 1 is 0.852 bits per heavy atom. The summed E-state index contributed by atoms with van der Waals surface area (Å²) in [6.45, 7) is 0. The fourth-order valence-corrected chi connectivity index (χ4v) is 3.06. The summed E-state index contributed by atoms with van der Waals surface area (Å²) in [4.78, 5) is 17.2. The fraction of sp³-hybridized carbons (Fsp3) is 0.0435. The van der Waals surface area contributed by atoms with Crippen LogP contribution in [0.25, 0.3) is 10.8 Å². The van der Waals surface area contributed by atoms with Gasteiger partial charge in [0.05, 0.1) is 11.3 Å². The van der Waals surface area contributed by atoms with Crippen LogP contribution in [0.5, 0.6) is 0 Å². The maximum absolute atomic E-state index is 14.0. The van der Waals surface area contributed by atoms with Gasteiger partial charge in [-0.2, -0.15) is 0 Å². The standard InChI is InChI=1S/C23H16FNO2/c24-20-13-7-6-12-19(20)23(26)27-22(17-9-2-1-3-10-17)21-18-11-5-4-8-16(18)14-15-25-21/h1-15,22H/t22-/m0/s1. The van der Waals surface area contributed by atoms with Crippen LogP contribution in [-0.4, -0.2) is 11.0 Å². The molecular weight excluding hydrogens is 341 g/mol. The maximum Gasteiger partial charge on any atom is 0.342 e. The highest BCUT2D eigenvalue weighted by Crippen LogP contribution is 2.31. The Bertz CT molecular complexity index is 1090. The third-order valence-corrected chi connectivity index (χ3v) is 4.37. The molecule has 0 unspecified atom stereocenters. The van der Waals surface area contributed by atoms with E-state index >= 15 is 0 Å². The average Bonchev–Trinajstić information content (AvgIpc) is 2.72. The van der Waals surface area contributed by atoms with Gasteiger partial charge in [0.25, 0.3) is 0 Å². The summed E-state index contributed by atoms with van der Waals surface area (Å²) in [6.07, 6.45) is 0.939. The molecular formula is C23H16FNO2. The van der Waals surface area contributed by atoms with E-state index in [0.717, 1.165) is 16.3 Å². The van der Waals surface area contributed by atoms with Gasteiger partial charge in [-0.1, -0.05) is 66.7 Å². The van der Waals surface area contributed by atoms with Crippen molar-refractivity contribution in [1.82, 2.24) is 4.98 Å². The zero-order chi connectivity index (χ0) is 18.6. The molecule has 0 aliphatic carbocycles. The lowest BCUT2D eigenvalue weighted by Gasteiger charge is -2.19. The molecule has 4 aromatic rings. The van der Waals surface area contributed by atoms with Crippen LogP contribution in [0.3, 0.4) is 0 Å². The summed E-state index contributed by atoms with van der Waals surface area (Å²) in [6, 6.07) is 24.8. The second kappa shape index (κ2) is 7.38. The molecule has 3 aromatic carbocycles. The van der Waals surface area contributed by atoms with Gasteiger partial charge in [0.15, 0.2) is 6.10 Å². The number of rotatable bonds is 4. The number of halogens is 1. The zero-order valence-corrected chi connectivity index (χ0v) is 14.4. The number of pyridine rings is 1. The lowest BCUT2D eigenvalue weighted by atomic mass is 10.0. The quantitative estimate of drug-likeness (QED) is 0.464. The van der Waals surface area contributed by atoms with E-state index in [0.29, 0.717) is 5.69 Å². The second-order valence-corrected chi connectivity index (χ2v) is 6.09. The summed E-state index contributed by atoms with van der Waals surface area (Å²) >= 11 is 0. The van der Waals surface area contributed by atoms with E-state index in [1.165, 1.54) is 18.2 Å². The number of ether oxygens (including phenoxy) is 1. The Balaban J connectivity index is 1.81. The molecule has 0 saturated heterocycles. The van der Waals surface area contributed by atoms with Crippen molar-refractivity contribution in [3.8, 4) is 0 Å². The van der Waals surface area contributed by atoms with Crippen LogP contribution in [0.2, 0.25) is 0 Å². The van der Waals surface area contributed by atoms with Crippen molar-refractivity contribution < 1.29 is 13.9 Å². The molecule has 0 fully saturated rings. The zero-order valence-electron chi connectivity index (χ0n) is 14.4. The number of esters is 1. The van der Waals surface area contributed by atoms with Gasteiger partial charge in [0.1, 0.15) is 5.82 Å². The molecule has 1 heterocycles. The number of nitrogens with zero attached hydrogens (tertiary/aromatic N) is 1. The first-order chi connectivity index (χ1) is 13.2. The van der Waals surface area contributed by atoms with E-state index in [2.05, 4.69) is 4.98 Å². The molecule has 0 amide bonds. The predicted molar refractivity (Wildman–Crippen MR) is 102 cm³/mol. The first-order valence-corrected chi connectivity index (χ1v) is 8.58. The van der Waals surface area contributed by atoms with Gasteiger partial charge >= 0.3 is 5.97 Å². The van der Waals surface area contributed by atoms with Crippen molar-refractivity contribution in [3.05, 3.63) is 114 Å². The molecule has 27 heavy (non-hydrogen) atoms. The molecule has 4 rings (SSSR count). The SMILES string of the molecule is O=C(O[C@@H](c1ccccc1)c1nccc2ccccc12)c1ccccc1F. The van der Waals surface area contributed by atoms with Crippen LogP contribution in [0.4, 0.5) is 4.39 Å². The van der Waals surface area contributed by atoms with Gasteiger partial charge in [-0.25, -0.2) is 9.18 Å². The van der Waals surface area contributed by atoms with Crippen molar-refractivity contribution >= 4 is 16.7 Å². The molecule has 0 radical (unpaired) electrons. The summed E-state index contributed by atoms with van der Waals surface area (Å²) in [5, 5.41) is 1.88. The molecule has 0 N–H and O–H groups in total. The lowest BCUT2D eigenvalue weighted by Crippen LogP contribution is -2.15. The van der Waals surface area contributed by atoms with Crippen molar-refractivity contribution in [2.45, 2.75) is 6.10 Å². The third kappa shape index (κ3) is 3.42. The smallest absolute Gasteiger partial charge is 0.342 e. The number of fused-ring (bicyclic) bond motifs is 1. The van der Waals surface area contributed by atoms with Crippen molar-refractivity contribution in [3.63, 3.8) is 0 Å². The van der Waals surface area contributed by atoms with Gasteiger partial charge in [-0.15, -0.1) is 0 Å². The van der Waals surface area contributed by atoms with Crippen LogP contribution in [0.15, 0.2) is 91.1 Å². The number of hydrogen-bond donors (Lipinski definition) is 0. The molecule has 4 heteroatoms. The highest BCUT2D eigenvalue weighted by molar-refractivity contribution is 5.90. The van der Waals surface area contributed by atoms with Gasteiger partial charge in [0, 0.05) is 11.6 Å². The first kappa shape index (κ1) is 16.9. The minimum atomic E-state index is -0.746. The maximum atomic E-state index is 14.0. The van der Waals surface area contributed by atoms with E-state index in [9.17, 15) is 9.18 Å². The van der Waals surface area contributed by atoms with Gasteiger partial charge in [0.2, 0.25) is 0 Å². The number of carbonyl (C=O) groups is 1. The van der Waals surface area contributed by atoms with E-state index in [1.54, 1.807) is 12.3 Å². The molecule has 3 nitrogen and oxygen atoms in total. The van der Waals surface area contributed by atoms with Crippen LogP contribution < -0.4 is 0 Å². The molecule has 1 aromatic heterocycles. The first-order valence-electron chi connectivity index (χ1n) is 8.58. The van der Waals surface area contributed by atoms with Gasteiger partial charge in [-0.3, -0.25) is 4.98 Å². The Labute approximate surface area is 156 Å². The Kier molecular flexibility index (Phi) is 4.62. The van der Waals surface area contributed by atoms with Crippen LogP contribution in [0, 0.1) is 5.82 Å². The lowest BCUT2D eigenvalue weighted by molar-refractivity contribution is 0.0368. The minimum absolute atomic E-state index is 0.0985. The molecule has 0 saturated carbocycles. The van der Waals surface area contributed by atoms with Crippen LogP contribution >= 0.6 is 0 Å². The fourth-order valence-electron chi connectivity index (χ4n) is 3.06. The van der Waals surface area contributed by atoms with Crippen LogP contribution in [-0.2, 0) is 4.74 Å². The van der Waals surface area contributed by atoms with Crippen molar-refractivity contribution in [2.24, 2.45) is 0 Å². The van der Waals surface area contributed by atoms with Gasteiger partial charge < -0.3 is 4.74 Å². The van der Waals surface area contributed by atoms with E-state index in [-0.39, 0.29) is 5.56 Å². The largest absolute Gasteiger partial charge is 0.447 e. The summed E-state index contributed by atoms with van der Waals surface area (Å²) in [5.41, 5.74) is 1.29. The summed E-state index contributed by atoms with van der Waals surface area (Å²) < 4.78 is 19.8. The number of hydrogen-bond acceptors (Lipinski definition) is 3. The van der Waals surface area contributed by atoms with Crippen molar-refractivity contribution in [1.29, 1.82) is 0 Å². The normalized spacial score (nSPS) is 11.9. The number of carbonyl (C=O) groups excluding carboxylic acids is 1. The Morgan fingerprint density at radius 2 is 1.56 bits per heavy atom. The average molecular weight is 357 g/mol. The van der Waals surface area contributed by atoms with E-state index in [4.69, 9.17) is 4.74 Å². The predicted octanol–water partition coefficient (Wildman–Crippen LogP) is 5.32. The topological polar surface area (TPSA) is 39.2 Å². The molecule has 0 aliphatic heterocycles. The monoisotopic (exact) mass is 357 g/mol. The summed E-state index contributed by atoms with van der Waals surface area (Å²) in [5.74, 6) is -1.34. The number of benzene rings is 3. The van der Waals surface area contributed by atoms with Gasteiger partial charge in [-0.05, 0) is 29.1 Å². The third-order valence-electron chi connectivity index (χ3n) is 4.37. The van der Waals surface area contributed by atoms with E-state index < -0.39 is 17.9 Å². The molecule has 0 bridgehead atoms.